The number of aromatic nitrogens is 2. The van der Waals surface area contributed by atoms with E-state index in [1.165, 1.54) is 12.8 Å². The summed E-state index contributed by atoms with van der Waals surface area (Å²) >= 11 is 0. The molecular formula is C13H22N4O. The van der Waals surface area contributed by atoms with Gasteiger partial charge in [0.1, 0.15) is 5.82 Å². The van der Waals surface area contributed by atoms with Crippen molar-refractivity contribution in [3.05, 3.63) is 12.3 Å². The number of nitrogens with one attached hydrogen (secondary N) is 1. The summed E-state index contributed by atoms with van der Waals surface area (Å²) in [7, 11) is 0. The van der Waals surface area contributed by atoms with Crippen molar-refractivity contribution in [3.63, 3.8) is 0 Å². The third-order valence-electron chi connectivity index (χ3n) is 3.36. The minimum absolute atomic E-state index is 0.192. The molecular weight excluding hydrogens is 228 g/mol. The van der Waals surface area contributed by atoms with Crippen LogP contribution in [0.5, 0.6) is 0 Å². The summed E-state index contributed by atoms with van der Waals surface area (Å²) in [5, 5.41) is 12.6. The number of anilines is 2. The molecule has 0 bridgehead atoms. The maximum Gasteiger partial charge on any atom is 0.224 e. The maximum absolute atomic E-state index is 9.52. The number of aliphatic hydroxyl groups excluding tert-OH is 1. The highest BCUT2D eigenvalue weighted by Gasteiger charge is 2.21. The molecule has 1 aromatic rings. The third kappa shape index (κ3) is 3.10. The average Bonchev–Trinajstić information content (AvgIpc) is 2.64. The van der Waals surface area contributed by atoms with Crippen LogP contribution < -0.4 is 10.2 Å². The fraction of sp³-hybridized carbons (Fsp3) is 0.692. The third-order valence-corrected chi connectivity index (χ3v) is 3.36. The lowest BCUT2D eigenvalue weighted by Gasteiger charge is -2.29. The first-order valence-corrected chi connectivity index (χ1v) is 6.79. The second-order valence-electron chi connectivity index (χ2n) is 4.65. The van der Waals surface area contributed by atoms with Crippen LogP contribution in [0, 0.1) is 0 Å². The van der Waals surface area contributed by atoms with Gasteiger partial charge in [0.15, 0.2) is 0 Å². The van der Waals surface area contributed by atoms with Crippen molar-refractivity contribution in [3.8, 4) is 0 Å². The van der Waals surface area contributed by atoms with Gasteiger partial charge in [-0.25, -0.2) is 4.98 Å². The van der Waals surface area contributed by atoms with Crippen molar-refractivity contribution in [2.24, 2.45) is 0 Å². The molecule has 0 aromatic carbocycles. The Labute approximate surface area is 108 Å². The van der Waals surface area contributed by atoms with Crippen molar-refractivity contribution >= 4 is 11.8 Å². The Balaban J connectivity index is 2.18. The van der Waals surface area contributed by atoms with Gasteiger partial charge in [-0.05, 0) is 25.8 Å². The summed E-state index contributed by atoms with van der Waals surface area (Å²) in [6.07, 6.45) is 6.40. The molecule has 18 heavy (non-hydrogen) atoms. The molecule has 1 unspecified atom stereocenters. The summed E-state index contributed by atoms with van der Waals surface area (Å²) in [4.78, 5) is 10.9. The van der Waals surface area contributed by atoms with Gasteiger partial charge in [-0.1, -0.05) is 12.8 Å². The summed E-state index contributed by atoms with van der Waals surface area (Å²) in [6, 6.07) is 2.12. The van der Waals surface area contributed by atoms with E-state index in [-0.39, 0.29) is 12.6 Å². The van der Waals surface area contributed by atoms with E-state index in [0.29, 0.717) is 5.95 Å². The Hall–Kier alpha value is -1.36. The van der Waals surface area contributed by atoms with Crippen LogP contribution in [0.3, 0.4) is 0 Å². The highest BCUT2D eigenvalue weighted by atomic mass is 16.3. The van der Waals surface area contributed by atoms with E-state index < -0.39 is 0 Å². The number of aliphatic hydroxyl groups is 1. The predicted octanol–water partition coefficient (Wildman–Crippen LogP) is 1.65. The molecule has 0 radical (unpaired) electrons. The van der Waals surface area contributed by atoms with Crippen LogP contribution >= 0.6 is 0 Å². The summed E-state index contributed by atoms with van der Waals surface area (Å²) in [6.45, 7) is 4.00. The molecule has 0 saturated carbocycles. The lowest BCUT2D eigenvalue weighted by atomic mass is 10.1. The Bertz CT molecular complexity index is 372. The molecule has 1 aliphatic rings. The standard InChI is InChI=1S/C13H22N4O/c1-2-14-13-15-8-7-12(16-13)17-9-5-3-4-6-11(17)10-18/h7-8,11,18H,2-6,9-10H2,1H3,(H,14,15,16). The summed E-state index contributed by atoms with van der Waals surface area (Å²) in [5.74, 6) is 1.58. The Morgan fingerprint density at radius 3 is 3.11 bits per heavy atom. The zero-order chi connectivity index (χ0) is 12.8. The first kappa shape index (κ1) is 13.1. The molecule has 2 rings (SSSR count). The smallest absolute Gasteiger partial charge is 0.224 e. The number of nitrogens with zero attached hydrogens (tertiary/aromatic N) is 3. The molecule has 2 N–H and O–H groups in total. The molecule has 1 aliphatic heterocycles. The lowest BCUT2D eigenvalue weighted by molar-refractivity contribution is 0.254. The van der Waals surface area contributed by atoms with Gasteiger partial charge in [0.05, 0.1) is 12.6 Å². The average molecular weight is 250 g/mol. The number of hydrogen-bond donors (Lipinski definition) is 2. The van der Waals surface area contributed by atoms with Crippen LogP contribution in [0.15, 0.2) is 12.3 Å². The van der Waals surface area contributed by atoms with Crippen LogP contribution in [-0.2, 0) is 0 Å². The fourth-order valence-electron chi connectivity index (χ4n) is 2.42. The minimum Gasteiger partial charge on any atom is -0.394 e. The molecule has 100 valence electrons. The molecule has 5 nitrogen and oxygen atoms in total. The fourth-order valence-corrected chi connectivity index (χ4v) is 2.42. The van der Waals surface area contributed by atoms with Gasteiger partial charge in [-0.3, -0.25) is 0 Å². The van der Waals surface area contributed by atoms with E-state index in [2.05, 4.69) is 20.2 Å². The van der Waals surface area contributed by atoms with E-state index in [9.17, 15) is 5.11 Å². The molecule has 1 fully saturated rings. The highest BCUT2D eigenvalue weighted by Crippen LogP contribution is 2.22. The summed E-state index contributed by atoms with van der Waals surface area (Å²) in [5.41, 5.74) is 0. The van der Waals surface area contributed by atoms with Crippen LogP contribution in [0.2, 0.25) is 0 Å². The number of hydrogen-bond acceptors (Lipinski definition) is 5. The van der Waals surface area contributed by atoms with Gasteiger partial charge in [0, 0.05) is 19.3 Å². The Morgan fingerprint density at radius 1 is 1.44 bits per heavy atom. The van der Waals surface area contributed by atoms with Gasteiger partial charge >= 0.3 is 0 Å². The minimum atomic E-state index is 0.192. The van der Waals surface area contributed by atoms with Gasteiger partial charge in [0.2, 0.25) is 5.95 Å². The van der Waals surface area contributed by atoms with Gasteiger partial charge in [0.25, 0.3) is 0 Å². The quantitative estimate of drug-likeness (QED) is 0.851. The number of rotatable bonds is 4. The Kier molecular flexibility index (Phi) is 4.75. The maximum atomic E-state index is 9.52. The van der Waals surface area contributed by atoms with Gasteiger partial charge < -0.3 is 15.3 Å². The lowest BCUT2D eigenvalue weighted by Crippen LogP contribution is -2.38. The van der Waals surface area contributed by atoms with Crippen molar-refractivity contribution in [2.45, 2.75) is 38.6 Å². The first-order chi connectivity index (χ1) is 8.85. The highest BCUT2D eigenvalue weighted by molar-refractivity contribution is 5.43. The topological polar surface area (TPSA) is 61.3 Å². The predicted molar refractivity (Wildman–Crippen MR) is 72.9 cm³/mol. The molecule has 0 aliphatic carbocycles. The second-order valence-corrected chi connectivity index (χ2v) is 4.65. The van der Waals surface area contributed by atoms with Gasteiger partial charge in [-0.15, -0.1) is 0 Å². The van der Waals surface area contributed by atoms with Crippen molar-refractivity contribution in [2.75, 3.05) is 29.9 Å². The van der Waals surface area contributed by atoms with Crippen molar-refractivity contribution in [1.82, 2.24) is 9.97 Å². The van der Waals surface area contributed by atoms with Gasteiger partial charge in [-0.2, -0.15) is 4.98 Å². The molecule has 5 heteroatoms. The molecule has 0 amide bonds. The summed E-state index contributed by atoms with van der Waals surface area (Å²) < 4.78 is 0. The van der Waals surface area contributed by atoms with Crippen molar-refractivity contribution in [1.29, 1.82) is 0 Å². The van der Waals surface area contributed by atoms with E-state index >= 15 is 0 Å². The normalized spacial score (nSPS) is 20.6. The molecule has 1 atom stereocenters. The zero-order valence-corrected chi connectivity index (χ0v) is 11.0. The zero-order valence-electron chi connectivity index (χ0n) is 11.0. The molecule has 2 heterocycles. The first-order valence-electron chi connectivity index (χ1n) is 6.79. The van der Waals surface area contributed by atoms with Crippen LogP contribution in [0.1, 0.15) is 32.6 Å². The SMILES string of the molecule is CCNc1nccc(N2CCCCCC2CO)n1. The van der Waals surface area contributed by atoms with E-state index in [0.717, 1.165) is 31.7 Å². The van der Waals surface area contributed by atoms with E-state index in [4.69, 9.17) is 0 Å². The largest absolute Gasteiger partial charge is 0.394 e. The van der Waals surface area contributed by atoms with E-state index in [1.807, 2.05) is 13.0 Å². The monoisotopic (exact) mass is 250 g/mol. The molecule has 1 saturated heterocycles. The van der Waals surface area contributed by atoms with Crippen LogP contribution in [0.4, 0.5) is 11.8 Å². The van der Waals surface area contributed by atoms with Crippen LogP contribution in [0.25, 0.3) is 0 Å². The Morgan fingerprint density at radius 2 is 2.33 bits per heavy atom. The van der Waals surface area contributed by atoms with Crippen molar-refractivity contribution < 1.29 is 5.11 Å². The van der Waals surface area contributed by atoms with E-state index in [1.54, 1.807) is 6.20 Å². The molecule has 0 spiro atoms. The second kappa shape index (κ2) is 6.54. The van der Waals surface area contributed by atoms with Crippen LogP contribution in [-0.4, -0.2) is 40.8 Å². The molecule has 1 aromatic heterocycles.